The SMILES string of the molecule is COC(=O)[C@@H](NC(=O)c1ccc(C#CC#C[C@H]2CC(O)[C@@H]2CO)cc1)C(C)(C)NC(=O)OC(C)(C)C. The topological polar surface area (TPSA) is 134 Å². The first-order valence-corrected chi connectivity index (χ1v) is 11.6. The first-order valence-electron chi connectivity index (χ1n) is 11.6. The van der Waals surface area contributed by atoms with Gasteiger partial charge in [0.05, 0.1) is 18.8 Å². The number of amides is 2. The number of ether oxygens (including phenoxy) is 2. The highest BCUT2D eigenvalue weighted by atomic mass is 16.6. The second-order valence-electron chi connectivity index (χ2n) is 10.1. The van der Waals surface area contributed by atoms with E-state index in [0.717, 1.165) is 0 Å². The summed E-state index contributed by atoms with van der Waals surface area (Å²) in [4.78, 5) is 37.5. The Balaban J connectivity index is 2.06. The van der Waals surface area contributed by atoms with E-state index in [2.05, 4.69) is 34.3 Å². The number of carbonyl (C=O) groups is 3. The van der Waals surface area contributed by atoms with Gasteiger partial charge >= 0.3 is 12.1 Å². The van der Waals surface area contributed by atoms with E-state index in [4.69, 9.17) is 9.47 Å². The molecule has 1 fully saturated rings. The summed E-state index contributed by atoms with van der Waals surface area (Å²) in [6, 6.07) is 5.21. The van der Waals surface area contributed by atoms with E-state index in [1.807, 2.05) is 0 Å². The van der Waals surface area contributed by atoms with E-state index in [0.29, 0.717) is 12.0 Å². The Labute approximate surface area is 211 Å². The molecule has 1 aromatic carbocycles. The van der Waals surface area contributed by atoms with Crippen LogP contribution in [0.4, 0.5) is 4.79 Å². The van der Waals surface area contributed by atoms with Gasteiger partial charge in [-0.05, 0) is 77.1 Å². The van der Waals surface area contributed by atoms with Crippen LogP contribution in [0.25, 0.3) is 0 Å². The van der Waals surface area contributed by atoms with Gasteiger partial charge < -0.3 is 30.3 Å². The standard InChI is InChI=1S/C27H34N2O7/c1-26(2,3)36-25(34)29-27(4,5)22(24(33)35-6)28-23(32)18-13-11-17(12-14-18)9-7-8-10-19-15-21(31)20(19)16-30/h11-14,19-22,30-31H,15-16H2,1-6H3,(H,28,32)(H,29,34)/t19-,20+,21?,22+/m0/s1. The number of benzene rings is 1. The minimum absolute atomic E-state index is 0.0674. The fourth-order valence-corrected chi connectivity index (χ4v) is 3.54. The van der Waals surface area contributed by atoms with Gasteiger partial charge in [0.2, 0.25) is 0 Å². The fraction of sp³-hybridized carbons (Fsp3) is 0.519. The van der Waals surface area contributed by atoms with Crippen LogP contribution < -0.4 is 10.6 Å². The molecule has 0 radical (unpaired) electrons. The van der Waals surface area contributed by atoms with Crippen molar-refractivity contribution in [1.82, 2.24) is 10.6 Å². The molecule has 0 heterocycles. The second kappa shape index (κ2) is 11.9. The molecule has 0 aromatic heterocycles. The number of esters is 1. The van der Waals surface area contributed by atoms with Crippen LogP contribution in [0.2, 0.25) is 0 Å². The second-order valence-corrected chi connectivity index (χ2v) is 10.1. The molecule has 1 aromatic rings. The molecule has 0 aliphatic heterocycles. The lowest BCUT2D eigenvalue weighted by atomic mass is 9.72. The van der Waals surface area contributed by atoms with Gasteiger partial charge in [0.1, 0.15) is 11.6 Å². The monoisotopic (exact) mass is 498 g/mol. The van der Waals surface area contributed by atoms with Gasteiger partial charge in [-0.2, -0.15) is 0 Å². The molecule has 1 aliphatic carbocycles. The van der Waals surface area contributed by atoms with Gasteiger partial charge in [0, 0.05) is 29.6 Å². The number of hydrogen-bond acceptors (Lipinski definition) is 7. The van der Waals surface area contributed by atoms with Crippen LogP contribution in [-0.2, 0) is 14.3 Å². The zero-order valence-corrected chi connectivity index (χ0v) is 21.5. The Morgan fingerprint density at radius 3 is 2.28 bits per heavy atom. The average Bonchev–Trinajstić information content (AvgIpc) is 2.77. The van der Waals surface area contributed by atoms with Crippen molar-refractivity contribution in [3.05, 3.63) is 35.4 Å². The summed E-state index contributed by atoms with van der Waals surface area (Å²) in [5.74, 6) is 9.72. The van der Waals surface area contributed by atoms with Gasteiger partial charge in [0.25, 0.3) is 5.91 Å². The number of methoxy groups -OCH3 is 1. The molecular formula is C27H34N2O7. The Bertz CT molecular complexity index is 1080. The van der Waals surface area contributed by atoms with Crippen molar-refractivity contribution in [2.45, 2.75) is 64.3 Å². The number of aliphatic hydroxyl groups excluding tert-OH is 2. The Morgan fingerprint density at radius 1 is 1.11 bits per heavy atom. The van der Waals surface area contributed by atoms with E-state index >= 15 is 0 Å². The Kier molecular flexibility index (Phi) is 9.52. The molecule has 4 N–H and O–H groups in total. The minimum atomic E-state index is -1.22. The highest BCUT2D eigenvalue weighted by Gasteiger charge is 2.40. The predicted molar refractivity (Wildman–Crippen MR) is 133 cm³/mol. The number of hydrogen-bond donors (Lipinski definition) is 4. The van der Waals surface area contributed by atoms with E-state index < -0.39 is 41.3 Å². The summed E-state index contributed by atoms with van der Waals surface area (Å²) >= 11 is 0. The van der Waals surface area contributed by atoms with Gasteiger partial charge in [0.15, 0.2) is 0 Å². The number of alkyl carbamates (subject to hydrolysis) is 1. The normalized spacial score (nSPS) is 19.7. The van der Waals surface area contributed by atoms with Crippen LogP contribution in [-0.4, -0.2) is 65.2 Å². The maximum Gasteiger partial charge on any atom is 0.408 e. The first-order chi connectivity index (χ1) is 16.8. The fourth-order valence-electron chi connectivity index (χ4n) is 3.54. The van der Waals surface area contributed by atoms with Crippen molar-refractivity contribution in [2.24, 2.45) is 11.8 Å². The van der Waals surface area contributed by atoms with Crippen molar-refractivity contribution in [1.29, 1.82) is 0 Å². The van der Waals surface area contributed by atoms with Crippen LogP contribution in [0.15, 0.2) is 24.3 Å². The summed E-state index contributed by atoms with van der Waals surface area (Å²) in [5.41, 5.74) is -1.05. The molecule has 1 saturated carbocycles. The van der Waals surface area contributed by atoms with E-state index in [9.17, 15) is 24.6 Å². The number of rotatable bonds is 6. The molecule has 36 heavy (non-hydrogen) atoms. The molecule has 4 atom stereocenters. The van der Waals surface area contributed by atoms with Gasteiger partial charge in [-0.25, -0.2) is 9.59 Å². The molecule has 9 heteroatoms. The van der Waals surface area contributed by atoms with E-state index in [1.165, 1.54) is 7.11 Å². The third-order valence-electron chi connectivity index (χ3n) is 5.65. The van der Waals surface area contributed by atoms with Crippen molar-refractivity contribution in [3.8, 4) is 23.7 Å². The molecule has 0 saturated heterocycles. The molecular weight excluding hydrogens is 464 g/mol. The third kappa shape index (κ3) is 8.01. The van der Waals surface area contributed by atoms with E-state index in [-0.39, 0.29) is 24.0 Å². The summed E-state index contributed by atoms with van der Waals surface area (Å²) in [7, 11) is 1.19. The van der Waals surface area contributed by atoms with Gasteiger partial charge in [-0.1, -0.05) is 11.8 Å². The van der Waals surface area contributed by atoms with Crippen molar-refractivity contribution >= 4 is 18.0 Å². The van der Waals surface area contributed by atoms with Gasteiger partial charge in [-0.15, -0.1) is 0 Å². The largest absolute Gasteiger partial charge is 0.467 e. The Morgan fingerprint density at radius 2 is 1.75 bits per heavy atom. The number of aliphatic hydroxyl groups is 2. The molecule has 2 amide bonds. The molecule has 2 rings (SSSR count). The van der Waals surface area contributed by atoms with Crippen LogP contribution in [0, 0.1) is 35.5 Å². The van der Waals surface area contributed by atoms with Crippen molar-refractivity contribution in [2.75, 3.05) is 13.7 Å². The van der Waals surface area contributed by atoms with Crippen LogP contribution >= 0.6 is 0 Å². The Hall–Kier alpha value is -3.53. The molecule has 9 nitrogen and oxygen atoms in total. The zero-order chi connectivity index (χ0) is 27.1. The maximum atomic E-state index is 12.8. The summed E-state index contributed by atoms with van der Waals surface area (Å²) in [5, 5.41) is 24.0. The number of carbonyl (C=O) groups excluding carboxylic acids is 3. The zero-order valence-electron chi connectivity index (χ0n) is 21.5. The average molecular weight is 499 g/mol. The quantitative estimate of drug-likeness (QED) is 0.346. The molecule has 0 bridgehead atoms. The van der Waals surface area contributed by atoms with E-state index in [1.54, 1.807) is 58.9 Å². The predicted octanol–water partition coefficient (Wildman–Crippen LogP) is 1.61. The highest BCUT2D eigenvalue weighted by molar-refractivity contribution is 5.97. The van der Waals surface area contributed by atoms with Crippen LogP contribution in [0.3, 0.4) is 0 Å². The van der Waals surface area contributed by atoms with Gasteiger partial charge in [-0.3, -0.25) is 4.79 Å². The highest BCUT2D eigenvalue weighted by Crippen LogP contribution is 2.33. The molecule has 1 aliphatic rings. The third-order valence-corrected chi connectivity index (χ3v) is 5.65. The lowest BCUT2D eigenvalue weighted by Crippen LogP contribution is -2.62. The van der Waals surface area contributed by atoms with Crippen molar-refractivity contribution < 1.29 is 34.1 Å². The summed E-state index contributed by atoms with van der Waals surface area (Å²) < 4.78 is 10.1. The summed E-state index contributed by atoms with van der Waals surface area (Å²) in [6.07, 6.45) is -0.721. The van der Waals surface area contributed by atoms with Crippen molar-refractivity contribution in [3.63, 3.8) is 0 Å². The van der Waals surface area contributed by atoms with Crippen LogP contribution in [0.1, 0.15) is 57.0 Å². The molecule has 0 spiro atoms. The maximum absolute atomic E-state index is 12.8. The first kappa shape index (κ1) is 28.7. The lowest BCUT2D eigenvalue weighted by molar-refractivity contribution is -0.144. The summed E-state index contributed by atoms with van der Waals surface area (Å²) in [6.45, 7) is 8.18. The minimum Gasteiger partial charge on any atom is -0.467 e. The number of nitrogens with one attached hydrogen (secondary N) is 2. The smallest absolute Gasteiger partial charge is 0.408 e. The molecule has 1 unspecified atom stereocenters. The molecule has 194 valence electrons. The lowest BCUT2D eigenvalue weighted by Gasteiger charge is -2.37. The van der Waals surface area contributed by atoms with Crippen LogP contribution in [0.5, 0.6) is 0 Å².